The van der Waals surface area contributed by atoms with Crippen molar-refractivity contribution in [2.24, 2.45) is 0 Å². The van der Waals surface area contributed by atoms with Gasteiger partial charge in [-0.05, 0) is 0 Å². The standard InChI is InChI=1S/BH3O3.Ba.Na.Sr.5H/c2-1(3)4;;;;;;;;/h2-4H;;;;;;;;/q;+2;+1;+2;5*-1. The van der Waals surface area contributed by atoms with Crippen molar-refractivity contribution in [3.63, 3.8) is 0 Å². The van der Waals surface area contributed by atoms with Crippen LogP contribution in [0.15, 0.2) is 0 Å². The van der Waals surface area contributed by atoms with E-state index in [1.165, 1.54) is 0 Å². The van der Waals surface area contributed by atoms with Crippen LogP contribution in [0, 0.1) is 0 Å². The van der Waals surface area contributed by atoms with Gasteiger partial charge in [-0.2, -0.15) is 0 Å². The average molecular weight is 315 g/mol. The summed E-state index contributed by atoms with van der Waals surface area (Å²) < 4.78 is 0. The molecule has 0 aromatic rings. The first-order valence-corrected chi connectivity index (χ1v) is 0.775. The summed E-state index contributed by atoms with van der Waals surface area (Å²) in [5.74, 6) is 0. The quantitative estimate of drug-likeness (QED) is 0.392. The largest absolute Gasteiger partial charge is 2.00 e. The van der Waals surface area contributed by atoms with Crippen LogP contribution in [0.25, 0.3) is 0 Å². The van der Waals surface area contributed by atoms with Crippen molar-refractivity contribution in [3.8, 4) is 0 Å². The summed E-state index contributed by atoms with van der Waals surface area (Å²) in [7, 11) is -2.17. The molecule has 0 spiro atoms. The van der Waals surface area contributed by atoms with Gasteiger partial charge in [0, 0.05) is 0 Å². The molecule has 0 aliphatic carbocycles. The summed E-state index contributed by atoms with van der Waals surface area (Å²) in [6, 6.07) is 0. The molecule has 0 aliphatic rings. The maximum Gasteiger partial charge on any atom is 2.00 e. The van der Waals surface area contributed by atoms with Gasteiger partial charge in [-0.25, -0.2) is 0 Å². The van der Waals surface area contributed by atoms with Crippen molar-refractivity contribution in [1.29, 1.82) is 0 Å². The summed E-state index contributed by atoms with van der Waals surface area (Å²) in [6.07, 6.45) is 0. The minimum absolute atomic E-state index is 0. The predicted molar refractivity (Wildman–Crippen MR) is 29.5 cm³/mol. The van der Waals surface area contributed by atoms with Crippen LogP contribution in [0.1, 0.15) is 7.13 Å². The fourth-order valence-electron chi connectivity index (χ4n) is 0. The molecule has 0 unspecified atom stereocenters. The molecule has 0 radical (unpaired) electrons. The van der Waals surface area contributed by atoms with Gasteiger partial charge >= 0.3 is 131 Å². The Kier molecular flexibility index (Phi) is 53.0. The Morgan fingerprint density at radius 2 is 1.14 bits per heavy atom. The first-order valence-electron chi connectivity index (χ1n) is 0.775. The van der Waals surface area contributed by atoms with Crippen LogP contribution in [0.3, 0.4) is 0 Å². The SMILES string of the molecule is OB(O)O.[Ba+2].[H-].[H-].[H-].[H-].[H-].[Na+].[Sr+2]. The van der Waals surface area contributed by atoms with Crippen molar-refractivity contribution >= 4 is 102 Å². The smallest absolute Gasteiger partial charge is 1.00 e. The molecule has 0 aromatic heterocycles. The molecule has 0 fully saturated rings. The van der Waals surface area contributed by atoms with Crippen molar-refractivity contribution in [2.45, 2.75) is 0 Å². The van der Waals surface area contributed by atoms with Gasteiger partial charge in [-0.1, -0.05) is 0 Å². The van der Waals surface area contributed by atoms with Crippen molar-refractivity contribution in [1.82, 2.24) is 0 Å². The van der Waals surface area contributed by atoms with Crippen LogP contribution in [-0.2, 0) is 0 Å². The molecular weight excluding hydrogens is 307 g/mol. The average Bonchev–Trinajstić information content (AvgIpc) is 0.811. The second-order valence-electron chi connectivity index (χ2n) is 0.346. The third-order valence-electron chi connectivity index (χ3n) is 0. The minimum atomic E-state index is -2.17. The molecule has 34 valence electrons. The molecule has 0 atom stereocenters. The van der Waals surface area contributed by atoms with Gasteiger partial charge in [0.15, 0.2) is 0 Å². The molecule has 7 heavy (non-hydrogen) atoms. The van der Waals surface area contributed by atoms with Crippen LogP contribution in [-0.4, -0.2) is 117 Å². The van der Waals surface area contributed by atoms with Crippen molar-refractivity contribution < 1.29 is 51.8 Å². The monoisotopic (exact) mass is 316 g/mol. The number of rotatable bonds is 0. The van der Waals surface area contributed by atoms with E-state index in [1.54, 1.807) is 0 Å². The van der Waals surface area contributed by atoms with E-state index >= 15 is 0 Å². The number of hydrogen-bond acceptors (Lipinski definition) is 3. The molecule has 0 aliphatic heterocycles. The minimum Gasteiger partial charge on any atom is -1.00 e. The maximum absolute atomic E-state index is 7.17. The third kappa shape index (κ3) is 40.0. The van der Waals surface area contributed by atoms with Gasteiger partial charge < -0.3 is 22.2 Å². The van der Waals surface area contributed by atoms with E-state index in [2.05, 4.69) is 0 Å². The van der Waals surface area contributed by atoms with Crippen molar-refractivity contribution in [3.05, 3.63) is 0 Å². The normalized spacial score (nSPS) is 3.86. The van der Waals surface area contributed by atoms with E-state index in [1.807, 2.05) is 0 Å². The van der Waals surface area contributed by atoms with Crippen LogP contribution >= 0.6 is 0 Å². The first-order chi connectivity index (χ1) is 1.73. The van der Waals surface area contributed by atoms with Crippen LogP contribution in [0.5, 0.6) is 0 Å². The Bertz CT molecular complexity index is 31.4. The zero-order valence-corrected chi connectivity index (χ0v) is 14.3. The molecular formula is H8BBaNaO3Sr. The summed E-state index contributed by atoms with van der Waals surface area (Å²) >= 11 is 0. The fourth-order valence-corrected chi connectivity index (χ4v) is 0. The van der Waals surface area contributed by atoms with E-state index in [9.17, 15) is 0 Å². The Labute approximate surface area is 149 Å². The Morgan fingerprint density at radius 3 is 1.14 bits per heavy atom. The topological polar surface area (TPSA) is 60.7 Å². The van der Waals surface area contributed by atoms with E-state index in [4.69, 9.17) is 15.1 Å². The van der Waals surface area contributed by atoms with Gasteiger partial charge in [-0.3, -0.25) is 0 Å². The summed E-state index contributed by atoms with van der Waals surface area (Å²) in [6.45, 7) is 0. The molecule has 0 rings (SSSR count). The van der Waals surface area contributed by atoms with E-state index < -0.39 is 7.32 Å². The van der Waals surface area contributed by atoms with Gasteiger partial charge in [0.25, 0.3) is 0 Å². The van der Waals surface area contributed by atoms with Gasteiger partial charge in [-0.15, -0.1) is 0 Å². The Hall–Kier alpha value is 4.00. The molecule has 0 amide bonds. The zero-order chi connectivity index (χ0) is 3.58. The van der Waals surface area contributed by atoms with E-state index in [0.717, 1.165) is 0 Å². The molecule has 3 N–H and O–H groups in total. The van der Waals surface area contributed by atoms with Crippen LogP contribution in [0.2, 0.25) is 0 Å². The number of hydrogen-bond donors (Lipinski definition) is 3. The van der Waals surface area contributed by atoms with Gasteiger partial charge in [0.1, 0.15) is 0 Å². The summed E-state index contributed by atoms with van der Waals surface area (Å²) in [5, 5.41) is 21.5. The zero-order valence-electron chi connectivity index (χ0n) is 9.33. The van der Waals surface area contributed by atoms with Crippen LogP contribution in [0.4, 0.5) is 0 Å². The maximum atomic E-state index is 7.17. The first kappa shape index (κ1) is 22.4. The van der Waals surface area contributed by atoms with Crippen molar-refractivity contribution in [2.75, 3.05) is 0 Å². The molecule has 0 saturated carbocycles. The second kappa shape index (κ2) is 16.5. The molecule has 0 aromatic carbocycles. The second-order valence-corrected chi connectivity index (χ2v) is 0.346. The molecule has 0 saturated heterocycles. The summed E-state index contributed by atoms with van der Waals surface area (Å²) in [5.41, 5.74) is 0. The predicted octanol–water partition coefficient (Wildman–Crippen LogP) is -5.25. The Balaban J connectivity index is -0.00000000161. The van der Waals surface area contributed by atoms with Crippen LogP contribution < -0.4 is 29.6 Å². The third-order valence-corrected chi connectivity index (χ3v) is 0. The van der Waals surface area contributed by atoms with E-state index in [-0.39, 0.29) is 131 Å². The molecule has 0 bridgehead atoms. The summed E-state index contributed by atoms with van der Waals surface area (Å²) in [4.78, 5) is 0. The molecule has 0 heterocycles. The van der Waals surface area contributed by atoms with Gasteiger partial charge in [0.2, 0.25) is 0 Å². The Morgan fingerprint density at radius 1 is 1.14 bits per heavy atom. The molecule has 7 heteroatoms. The molecule has 3 nitrogen and oxygen atoms in total. The van der Waals surface area contributed by atoms with E-state index in [0.29, 0.717) is 0 Å². The van der Waals surface area contributed by atoms with Gasteiger partial charge in [0.05, 0.1) is 0 Å². The fraction of sp³-hybridized carbons (Fsp3) is 0.